The fourth-order valence-electron chi connectivity index (χ4n) is 1.38. The summed E-state index contributed by atoms with van der Waals surface area (Å²) < 4.78 is 1.73. The van der Waals surface area contributed by atoms with Crippen LogP contribution in [0, 0.1) is 6.92 Å². The van der Waals surface area contributed by atoms with Crippen LogP contribution >= 0.6 is 0 Å². The molecule has 0 fully saturated rings. The Balaban J connectivity index is 2.32. The van der Waals surface area contributed by atoms with E-state index in [2.05, 4.69) is 15.1 Å². The zero-order valence-electron chi connectivity index (χ0n) is 8.75. The second kappa shape index (κ2) is 3.78. The van der Waals surface area contributed by atoms with Crippen LogP contribution in [-0.2, 0) is 7.05 Å². The largest absolute Gasteiger partial charge is 0.316 e. The lowest BCUT2D eigenvalue weighted by molar-refractivity contribution is 0.650. The third kappa shape index (κ3) is 1.87. The molecule has 1 atom stereocenters. The van der Waals surface area contributed by atoms with Gasteiger partial charge in [0, 0.05) is 25.6 Å². The highest BCUT2D eigenvalue weighted by atomic mass is 15.3. The summed E-state index contributed by atoms with van der Waals surface area (Å²) in [5.74, 6) is 0.615. The van der Waals surface area contributed by atoms with E-state index in [1.54, 1.807) is 23.3 Å². The van der Waals surface area contributed by atoms with Gasteiger partial charge in [-0.1, -0.05) is 0 Å². The second-order valence-corrected chi connectivity index (χ2v) is 3.48. The van der Waals surface area contributed by atoms with E-state index >= 15 is 0 Å². The van der Waals surface area contributed by atoms with Gasteiger partial charge in [-0.25, -0.2) is 9.97 Å². The Hall–Kier alpha value is -1.75. The molecule has 0 aliphatic rings. The third-order valence-electron chi connectivity index (χ3n) is 2.26. The number of aryl methyl sites for hydroxylation is 2. The van der Waals surface area contributed by atoms with Crippen LogP contribution in [0.4, 0.5) is 0 Å². The van der Waals surface area contributed by atoms with Crippen molar-refractivity contribution in [3.05, 3.63) is 41.7 Å². The molecule has 5 heteroatoms. The van der Waals surface area contributed by atoms with Crippen LogP contribution in [0.25, 0.3) is 0 Å². The van der Waals surface area contributed by atoms with Crippen molar-refractivity contribution in [1.82, 2.24) is 19.7 Å². The lowest BCUT2D eigenvalue weighted by atomic mass is 10.2. The van der Waals surface area contributed by atoms with Crippen LogP contribution < -0.4 is 5.73 Å². The van der Waals surface area contributed by atoms with E-state index in [0.717, 1.165) is 11.3 Å². The van der Waals surface area contributed by atoms with E-state index in [4.69, 9.17) is 5.73 Å². The first-order valence-corrected chi connectivity index (χ1v) is 4.70. The molecule has 0 radical (unpaired) electrons. The minimum absolute atomic E-state index is 0.321. The Morgan fingerprint density at radius 2 is 2.00 bits per heavy atom. The average molecular weight is 203 g/mol. The van der Waals surface area contributed by atoms with Gasteiger partial charge in [0.1, 0.15) is 6.04 Å². The molecular weight excluding hydrogens is 190 g/mol. The van der Waals surface area contributed by atoms with Gasteiger partial charge in [-0.3, -0.25) is 4.68 Å². The normalized spacial score (nSPS) is 12.7. The molecule has 2 aromatic rings. The number of aromatic nitrogens is 4. The van der Waals surface area contributed by atoms with E-state index in [1.165, 1.54) is 0 Å². The maximum atomic E-state index is 6.03. The molecule has 0 aliphatic heterocycles. The van der Waals surface area contributed by atoms with Crippen molar-refractivity contribution in [3.63, 3.8) is 0 Å². The van der Waals surface area contributed by atoms with Crippen molar-refractivity contribution >= 4 is 0 Å². The number of hydrogen-bond acceptors (Lipinski definition) is 4. The minimum atomic E-state index is -0.321. The van der Waals surface area contributed by atoms with Gasteiger partial charge in [0.2, 0.25) is 0 Å². The summed E-state index contributed by atoms with van der Waals surface area (Å²) in [5, 5.41) is 4.06. The van der Waals surface area contributed by atoms with Gasteiger partial charge >= 0.3 is 0 Å². The molecule has 0 aliphatic carbocycles. The summed E-state index contributed by atoms with van der Waals surface area (Å²) in [6.07, 6.45) is 5.24. The number of rotatable bonds is 2. The summed E-state index contributed by atoms with van der Waals surface area (Å²) in [4.78, 5) is 8.40. The lowest BCUT2D eigenvalue weighted by Crippen LogP contribution is -2.18. The smallest absolute Gasteiger partial charge is 0.151 e. The Morgan fingerprint density at radius 1 is 1.33 bits per heavy atom. The van der Waals surface area contributed by atoms with E-state index in [9.17, 15) is 0 Å². The molecule has 1 unspecified atom stereocenters. The van der Waals surface area contributed by atoms with Gasteiger partial charge < -0.3 is 5.73 Å². The van der Waals surface area contributed by atoms with E-state index in [-0.39, 0.29) is 6.04 Å². The first-order chi connectivity index (χ1) is 7.18. The zero-order valence-corrected chi connectivity index (χ0v) is 8.75. The zero-order chi connectivity index (χ0) is 10.8. The van der Waals surface area contributed by atoms with Crippen LogP contribution in [0.2, 0.25) is 0 Å². The fourth-order valence-corrected chi connectivity index (χ4v) is 1.38. The summed E-state index contributed by atoms with van der Waals surface area (Å²) in [6, 6.07) is 1.55. The summed E-state index contributed by atoms with van der Waals surface area (Å²) >= 11 is 0. The summed E-state index contributed by atoms with van der Waals surface area (Å²) in [7, 11) is 1.85. The van der Waals surface area contributed by atoms with Crippen molar-refractivity contribution in [2.75, 3.05) is 0 Å². The quantitative estimate of drug-likeness (QED) is 0.774. The molecule has 2 N–H and O–H groups in total. The predicted octanol–water partition coefficient (Wildman–Crippen LogP) is 0.567. The molecule has 0 amide bonds. The fraction of sp³-hybridized carbons (Fsp3) is 0.300. The van der Waals surface area contributed by atoms with Gasteiger partial charge in [0.15, 0.2) is 5.82 Å². The van der Waals surface area contributed by atoms with Crippen molar-refractivity contribution in [1.29, 1.82) is 0 Å². The molecule has 0 saturated carbocycles. The van der Waals surface area contributed by atoms with Crippen molar-refractivity contribution < 1.29 is 0 Å². The predicted molar refractivity (Wildman–Crippen MR) is 56.0 cm³/mol. The highest BCUT2D eigenvalue weighted by Gasteiger charge is 2.14. The molecular formula is C10H13N5. The topological polar surface area (TPSA) is 69.6 Å². The third-order valence-corrected chi connectivity index (χ3v) is 2.26. The number of nitrogens with zero attached hydrogens (tertiary/aromatic N) is 4. The lowest BCUT2D eigenvalue weighted by Gasteiger charge is -2.10. The molecule has 5 nitrogen and oxygen atoms in total. The molecule has 0 bridgehead atoms. The maximum absolute atomic E-state index is 6.03. The van der Waals surface area contributed by atoms with Crippen LogP contribution in [0.15, 0.2) is 24.7 Å². The van der Waals surface area contributed by atoms with Crippen molar-refractivity contribution in [2.24, 2.45) is 12.8 Å². The maximum Gasteiger partial charge on any atom is 0.151 e. The second-order valence-electron chi connectivity index (χ2n) is 3.48. The first-order valence-electron chi connectivity index (χ1n) is 4.70. The summed E-state index contributed by atoms with van der Waals surface area (Å²) in [5.41, 5.74) is 7.95. The van der Waals surface area contributed by atoms with Crippen molar-refractivity contribution in [3.8, 4) is 0 Å². The van der Waals surface area contributed by atoms with E-state index in [0.29, 0.717) is 5.82 Å². The first kappa shape index (κ1) is 9.79. The van der Waals surface area contributed by atoms with Crippen molar-refractivity contribution in [2.45, 2.75) is 13.0 Å². The van der Waals surface area contributed by atoms with Gasteiger partial charge in [-0.15, -0.1) is 0 Å². The standard InChI is InChI=1S/C10H13N5/c1-7-5-12-10(13-6-7)9(11)8-3-4-14-15(8)2/h3-6,9H,11H2,1-2H3. The van der Waals surface area contributed by atoms with Gasteiger partial charge in [-0.2, -0.15) is 5.10 Å². The molecule has 0 aromatic carbocycles. The molecule has 2 aromatic heterocycles. The van der Waals surface area contributed by atoms with E-state index in [1.807, 2.05) is 20.0 Å². The highest BCUT2D eigenvalue weighted by Crippen LogP contribution is 2.14. The van der Waals surface area contributed by atoms with Crippen LogP contribution in [0.5, 0.6) is 0 Å². The van der Waals surface area contributed by atoms with Gasteiger partial charge in [-0.05, 0) is 18.6 Å². The minimum Gasteiger partial charge on any atom is -0.316 e. The molecule has 15 heavy (non-hydrogen) atoms. The molecule has 2 heterocycles. The van der Waals surface area contributed by atoms with Gasteiger partial charge in [0.05, 0.1) is 5.69 Å². The number of nitrogens with two attached hydrogens (primary N) is 1. The van der Waals surface area contributed by atoms with Gasteiger partial charge in [0.25, 0.3) is 0 Å². The summed E-state index contributed by atoms with van der Waals surface area (Å²) in [6.45, 7) is 1.94. The van der Waals surface area contributed by atoms with Crippen LogP contribution in [-0.4, -0.2) is 19.7 Å². The van der Waals surface area contributed by atoms with E-state index < -0.39 is 0 Å². The van der Waals surface area contributed by atoms with Crippen LogP contribution in [0.3, 0.4) is 0 Å². The Morgan fingerprint density at radius 3 is 2.53 bits per heavy atom. The molecule has 2 rings (SSSR count). The molecule has 0 saturated heterocycles. The molecule has 78 valence electrons. The highest BCUT2D eigenvalue weighted by molar-refractivity contribution is 5.16. The number of hydrogen-bond donors (Lipinski definition) is 1. The average Bonchev–Trinajstić information content (AvgIpc) is 2.65. The van der Waals surface area contributed by atoms with Crippen LogP contribution in [0.1, 0.15) is 23.1 Å². The Labute approximate surface area is 88.0 Å². The SMILES string of the molecule is Cc1cnc(C(N)c2ccnn2C)nc1. The molecule has 0 spiro atoms. The Kier molecular flexibility index (Phi) is 2.47. The Bertz CT molecular complexity index is 445. The monoisotopic (exact) mass is 203 g/mol.